The minimum Gasteiger partial charge on any atom is -0.375 e. The van der Waals surface area contributed by atoms with Gasteiger partial charge in [0.15, 0.2) is 0 Å². The molecule has 6 nitrogen and oxygen atoms in total. The van der Waals surface area contributed by atoms with Crippen molar-refractivity contribution in [2.75, 3.05) is 13.2 Å². The predicted octanol–water partition coefficient (Wildman–Crippen LogP) is 3.45. The summed E-state index contributed by atoms with van der Waals surface area (Å²) >= 11 is 0. The molecule has 1 heterocycles. The summed E-state index contributed by atoms with van der Waals surface area (Å²) in [6, 6.07) is 0. The maximum Gasteiger partial charge on any atom is 0.233 e. The van der Waals surface area contributed by atoms with Crippen LogP contribution in [-0.2, 0) is 19.1 Å². The SMILES string of the molecule is C=C(C)CNC(=O)CCC(C)(C)OCCC(C)(C)N1C(=O)CC(C(C)C)C1=O. The minimum absolute atomic E-state index is 0.0204. The molecule has 0 aromatic carbocycles. The fraction of sp³-hybridized carbons (Fsp3) is 0.773. The lowest BCUT2D eigenvalue weighted by Crippen LogP contribution is -2.49. The van der Waals surface area contributed by atoms with E-state index in [1.165, 1.54) is 4.90 Å². The van der Waals surface area contributed by atoms with E-state index in [4.69, 9.17) is 4.74 Å². The molecule has 1 atom stereocenters. The van der Waals surface area contributed by atoms with Crippen LogP contribution in [0.1, 0.15) is 74.1 Å². The third kappa shape index (κ3) is 7.04. The molecular weight excluding hydrogens is 356 g/mol. The van der Waals surface area contributed by atoms with E-state index in [0.29, 0.717) is 38.8 Å². The summed E-state index contributed by atoms with van der Waals surface area (Å²) < 4.78 is 6.00. The first-order chi connectivity index (χ1) is 12.8. The maximum absolute atomic E-state index is 12.7. The van der Waals surface area contributed by atoms with Crippen molar-refractivity contribution in [1.82, 2.24) is 10.2 Å². The van der Waals surface area contributed by atoms with Crippen LogP contribution < -0.4 is 5.32 Å². The molecule has 1 N–H and O–H groups in total. The lowest BCUT2D eigenvalue weighted by atomic mass is 9.93. The number of carbonyl (C=O) groups excluding carboxylic acids is 3. The first kappa shape index (κ1) is 24.3. The molecule has 0 aromatic heterocycles. The van der Waals surface area contributed by atoms with Gasteiger partial charge in [-0.2, -0.15) is 0 Å². The smallest absolute Gasteiger partial charge is 0.233 e. The minimum atomic E-state index is -0.591. The molecule has 1 rings (SSSR count). The molecule has 6 heteroatoms. The summed E-state index contributed by atoms with van der Waals surface area (Å²) in [6.07, 6.45) is 1.82. The monoisotopic (exact) mass is 394 g/mol. The fourth-order valence-electron chi connectivity index (χ4n) is 3.33. The third-order valence-corrected chi connectivity index (χ3v) is 5.34. The molecule has 3 amide bonds. The molecule has 1 unspecified atom stereocenters. The standard InChI is InChI=1S/C22H38N2O4/c1-15(2)14-23-18(25)9-10-22(7,8)28-12-11-21(5,6)24-19(26)13-17(16(3)4)20(24)27/h16-17H,1,9-14H2,2-8H3,(H,23,25). The van der Waals surface area contributed by atoms with Gasteiger partial charge in [-0.25, -0.2) is 0 Å². The highest BCUT2D eigenvalue weighted by Crippen LogP contribution is 2.33. The van der Waals surface area contributed by atoms with Crippen molar-refractivity contribution in [2.45, 2.75) is 85.3 Å². The van der Waals surface area contributed by atoms with E-state index in [2.05, 4.69) is 11.9 Å². The topological polar surface area (TPSA) is 75.7 Å². The second-order valence-electron chi connectivity index (χ2n) is 9.53. The molecule has 0 aliphatic carbocycles. The number of nitrogens with zero attached hydrogens (tertiary/aromatic N) is 1. The molecule has 1 saturated heterocycles. The van der Waals surface area contributed by atoms with Crippen LogP contribution in [0.4, 0.5) is 0 Å². The Morgan fingerprint density at radius 3 is 2.36 bits per heavy atom. The zero-order valence-corrected chi connectivity index (χ0v) is 18.7. The van der Waals surface area contributed by atoms with Crippen molar-refractivity contribution in [1.29, 1.82) is 0 Å². The van der Waals surface area contributed by atoms with Crippen molar-refractivity contribution >= 4 is 17.7 Å². The highest BCUT2D eigenvalue weighted by atomic mass is 16.5. The van der Waals surface area contributed by atoms with E-state index in [-0.39, 0.29) is 29.6 Å². The van der Waals surface area contributed by atoms with Gasteiger partial charge in [-0.1, -0.05) is 26.0 Å². The second kappa shape index (κ2) is 9.68. The van der Waals surface area contributed by atoms with Crippen LogP contribution in [0.25, 0.3) is 0 Å². The molecule has 1 aliphatic rings. The zero-order valence-electron chi connectivity index (χ0n) is 18.7. The molecule has 28 heavy (non-hydrogen) atoms. The van der Waals surface area contributed by atoms with Crippen molar-refractivity contribution in [2.24, 2.45) is 11.8 Å². The van der Waals surface area contributed by atoms with E-state index in [0.717, 1.165) is 5.57 Å². The quantitative estimate of drug-likeness (QED) is 0.430. The Kier molecular flexibility index (Phi) is 8.42. The fourth-order valence-corrected chi connectivity index (χ4v) is 3.33. The molecule has 0 aromatic rings. The lowest BCUT2D eigenvalue weighted by molar-refractivity contribution is -0.147. The van der Waals surface area contributed by atoms with Crippen LogP contribution in [0.2, 0.25) is 0 Å². The molecular formula is C22H38N2O4. The summed E-state index contributed by atoms with van der Waals surface area (Å²) in [6.45, 7) is 18.2. The Morgan fingerprint density at radius 2 is 1.86 bits per heavy atom. The summed E-state index contributed by atoms with van der Waals surface area (Å²) in [4.78, 5) is 38.4. The maximum atomic E-state index is 12.7. The first-order valence-corrected chi connectivity index (χ1v) is 10.2. The normalized spacial score (nSPS) is 18.1. The largest absolute Gasteiger partial charge is 0.375 e. The van der Waals surface area contributed by atoms with Gasteiger partial charge in [0.25, 0.3) is 0 Å². The van der Waals surface area contributed by atoms with E-state index < -0.39 is 11.1 Å². The van der Waals surface area contributed by atoms with Crippen LogP contribution in [0, 0.1) is 11.8 Å². The third-order valence-electron chi connectivity index (χ3n) is 5.34. The number of imide groups is 1. The van der Waals surface area contributed by atoms with E-state index >= 15 is 0 Å². The van der Waals surface area contributed by atoms with Crippen LogP contribution >= 0.6 is 0 Å². The summed E-state index contributed by atoms with van der Waals surface area (Å²) in [7, 11) is 0. The van der Waals surface area contributed by atoms with Gasteiger partial charge in [0.2, 0.25) is 17.7 Å². The number of ether oxygens (including phenoxy) is 1. The van der Waals surface area contributed by atoms with E-state index in [1.54, 1.807) is 0 Å². The van der Waals surface area contributed by atoms with Crippen LogP contribution in [0.15, 0.2) is 12.2 Å². The number of hydrogen-bond acceptors (Lipinski definition) is 4. The summed E-state index contributed by atoms with van der Waals surface area (Å²) in [5.74, 6) is -0.251. The van der Waals surface area contributed by atoms with E-state index in [9.17, 15) is 14.4 Å². The van der Waals surface area contributed by atoms with Gasteiger partial charge in [0.05, 0.1) is 5.60 Å². The highest BCUT2D eigenvalue weighted by molar-refractivity contribution is 6.04. The average molecular weight is 395 g/mol. The molecule has 160 valence electrons. The summed E-state index contributed by atoms with van der Waals surface area (Å²) in [5, 5.41) is 2.82. The predicted molar refractivity (Wildman–Crippen MR) is 111 cm³/mol. The second-order valence-corrected chi connectivity index (χ2v) is 9.53. The number of likely N-dealkylation sites (tertiary alicyclic amines) is 1. The van der Waals surface area contributed by atoms with Gasteiger partial charge in [-0.15, -0.1) is 0 Å². The highest BCUT2D eigenvalue weighted by Gasteiger charge is 2.46. The van der Waals surface area contributed by atoms with E-state index in [1.807, 2.05) is 48.5 Å². The van der Waals surface area contributed by atoms with Gasteiger partial charge in [-0.3, -0.25) is 19.3 Å². The molecule has 0 saturated carbocycles. The number of carbonyl (C=O) groups is 3. The number of rotatable bonds is 11. The average Bonchev–Trinajstić information content (AvgIpc) is 2.86. The number of hydrogen-bond donors (Lipinski definition) is 1. The van der Waals surface area contributed by atoms with Gasteiger partial charge in [0.1, 0.15) is 0 Å². The van der Waals surface area contributed by atoms with Crippen LogP contribution in [-0.4, -0.2) is 46.9 Å². The van der Waals surface area contributed by atoms with Gasteiger partial charge in [0, 0.05) is 37.5 Å². The van der Waals surface area contributed by atoms with Crippen LogP contribution in [0.5, 0.6) is 0 Å². The molecule has 1 aliphatic heterocycles. The van der Waals surface area contributed by atoms with Crippen LogP contribution in [0.3, 0.4) is 0 Å². The van der Waals surface area contributed by atoms with Crippen molar-refractivity contribution < 1.29 is 19.1 Å². The Hall–Kier alpha value is -1.69. The molecule has 0 radical (unpaired) electrons. The number of amides is 3. The van der Waals surface area contributed by atoms with Crippen molar-refractivity contribution in [3.63, 3.8) is 0 Å². The zero-order chi connectivity index (χ0) is 21.7. The Morgan fingerprint density at radius 1 is 1.25 bits per heavy atom. The molecule has 0 bridgehead atoms. The summed E-state index contributed by atoms with van der Waals surface area (Å²) in [5.41, 5.74) is -0.139. The Balaban J connectivity index is 2.52. The molecule has 0 spiro atoms. The lowest BCUT2D eigenvalue weighted by Gasteiger charge is -2.36. The number of nitrogens with one attached hydrogen (secondary N) is 1. The van der Waals surface area contributed by atoms with Crippen molar-refractivity contribution in [3.8, 4) is 0 Å². The van der Waals surface area contributed by atoms with Gasteiger partial charge in [-0.05, 0) is 53.4 Å². The Labute approximate surface area is 170 Å². The Bertz CT molecular complexity index is 608. The van der Waals surface area contributed by atoms with Gasteiger partial charge < -0.3 is 10.1 Å². The van der Waals surface area contributed by atoms with Gasteiger partial charge >= 0.3 is 0 Å². The van der Waals surface area contributed by atoms with Crippen molar-refractivity contribution in [3.05, 3.63) is 12.2 Å². The first-order valence-electron chi connectivity index (χ1n) is 10.2. The molecule has 1 fully saturated rings.